The summed E-state index contributed by atoms with van der Waals surface area (Å²) < 4.78 is 6.56. The van der Waals surface area contributed by atoms with Crippen molar-refractivity contribution in [3.63, 3.8) is 0 Å². The summed E-state index contributed by atoms with van der Waals surface area (Å²) in [4.78, 5) is 11.7. The first-order valence-electron chi connectivity index (χ1n) is 5.77. The maximum atomic E-state index is 11.7. The lowest BCUT2D eigenvalue weighted by molar-refractivity contribution is -0.118. The zero-order chi connectivity index (χ0) is 12.3. The van der Waals surface area contributed by atoms with Gasteiger partial charge in [-0.1, -0.05) is 15.9 Å². The van der Waals surface area contributed by atoms with Crippen LogP contribution in [-0.4, -0.2) is 24.1 Å². The van der Waals surface area contributed by atoms with Gasteiger partial charge in [-0.05, 0) is 24.1 Å². The molecule has 0 bridgehead atoms. The lowest BCUT2D eigenvalue weighted by Crippen LogP contribution is -2.05. The van der Waals surface area contributed by atoms with Gasteiger partial charge in [0.15, 0.2) is 0 Å². The summed E-state index contributed by atoms with van der Waals surface area (Å²) in [5.74, 6) is 1.03. The van der Waals surface area contributed by atoms with E-state index in [9.17, 15) is 4.79 Å². The number of benzene rings is 1. The van der Waals surface area contributed by atoms with Crippen LogP contribution in [0.25, 0.3) is 0 Å². The number of Topliss-reactive ketones (excluding diaryl/α,β-unsaturated/α-hetero) is 1. The third-order valence-electron chi connectivity index (χ3n) is 2.83. The lowest BCUT2D eigenvalue weighted by atomic mass is 10.0. The molecule has 0 unspecified atom stereocenters. The van der Waals surface area contributed by atoms with Crippen molar-refractivity contribution in [2.45, 2.75) is 25.7 Å². The van der Waals surface area contributed by atoms with E-state index in [-0.39, 0.29) is 12.4 Å². The summed E-state index contributed by atoms with van der Waals surface area (Å²) in [5, 5.41) is 8.70. The standard InChI is InChI=1S/C13H15BrO3/c14-11-6-9-3-5-17-13(9)10(7-11)8-12(16)2-1-4-15/h6-7,15H,1-5,8H2. The maximum absolute atomic E-state index is 11.7. The average molecular weight is 299 g/mol. The van der Waals surface area contributed by atoms with Crippen molar-refractivity contribution in [3.05, 3.63) is 27.7 Å². The van der Waals surface area contributed by atoms with E-state index in [4.69, 9.17) is 9.84 Å². The summed E-state index contributed by atoms with van der Waals surface area (Å²) in [6.45, 7) is 0.766. The van der Waals surface area contributed by atoms with Crippen LogP contribution in [0.2, 0.25) is 0 Å². The largest absolute Gasteiger partial charge is 0.493 e. The summed E-state index contributed by atoms with van der Waals surface area (Å²) in [7, 11) is 0. The Hall–Kier alpha value is -0.870. The second kappa shape index (κ2) is 5.65. The first-order valence-corrected chi connectivity index (χ1v) is 6.56. The van der Waals surface area contributed by atoms with E-state index in [1.165, 1.54) is 5.56 Å². The first kappa shape index (κ1) is 12.6. The normalized spacial score (nSPS) is 13.3. The van der Waals surface area contributed by atoms with E-state index >= 15 is 0 Å². The molecule has 3 nitrogen and oxygen atoms in total. The second-order valence-corrected chi connectivity index (χ2v) is 5.11. The fourth-order valence-electron chi connectivity index (χ4n) is 2.05. The van der Waals surface area contributed by atoms with E-state index in [2.05, 4.69) is 15.9 Å². The molecule has 2 rings (SSSR count). The van der Waals surface area contributed by atoms with Crippen molar-refractivity contribution in [2.24, 2.45) is 0 Å². The average Bonchev–Trinajstić information content (AvgIpc) is 2.74. The van der Waals surface area contributed by atoms with Gasteiger partial charge in [0.1, 0.15) is 11.5 Å². The molecule has 1 aliphatic heterocycles. The fourth-order valence-corrected chi connectivity index (χ4v) is 2.61. The number of rotatable bonds is 5. The number of hydrogen-bond donors (Lipinski definition) is 1. The molecule has 92 valence electrons. The summed E-state index contributed by atoms with van der Waals surface area (Å²) >= 11 is 3.45. The van der Waals surface area contributed by atoms with E-state index in [1.54, 1.807) is 0 Å². The molecule has 1 aromatic carbocycles. The van der Waals surface area contributed by atoms with Crippen LogP contribution in [0.4, 0.5) is 0 Å². The number of hydrogen-bond acceptors (Lipinski definition) is 3. The van der Waals surface area contributed by atoms with Crippen molar-refractivity contribution in [1.82, 2.24) is 0 Å². The predicted octanol–water partition coefficient (Wildman–Crippen LogP) is 2.27. The monoisotopic (exact) mass is 298 g/mol. The van der Waals surface area contributed by atoms with Crippen LogP contribution < -0.4 is 4.74 Å². The molecular formula is C13H15BrO3. The van der Waals surface area contributed by atoms with Crippen molar-refractivity contribution in [2.75, 3.05) is 13.2 Å². The molecule has 0 saturated carbocycles. The Labute approximate surface area is 109 Å². The Bertz CT molecular complexity index is 429. The molecule has 0 aliphatic carbocycles. The molecule has 0 amide bonds. The number of aliphatic hydroxyl groups is 1. The number of ether oxygens (including phenoxy) is 1. The fraction of sp³-hybridized carbons (Fsp3) is 0.462. The Kier molecular flexibility index (Phi) is 4.18. The van der Waals surface area contributed by atoms with Crippen molar-refractivity contribution >= 4 is 21.7 Å². The van der Waals surface area contributed by atoms with Gasteiger partial charge < -0.3 is 9.84 Å². The van der Waals surface area contributed by atoms with E-state index in [0.29, 0.717) is 25.9 Å². The molecular weight excluding hydrogens is 284 g/mol. The highest BCUT2D eigenvalue weighted by molar-refractivity contribution is 9.10. The lowest BCUT2D eigenvalue weighted by Gasteiger charge is -2.08. The molecule has 0 aromatic heterocycles. The summed E-state index contributed by atoms with van der Waals surface area (Å²) in [5.41, 5.74) is 2.12. The molecule has 0 fully saturated rings. The van der Waals surface area contributed by atoms with Gasteiger partial charge in [0.05, 0.1) is 6.61 Å². The quantitative estimate of drug-likeness (QED) is 0.907. The van der Waals surface area contributed by atoms with Crippen molar-refractivity contribution in [3.8, 4) is 5.75 Å². The van der Waals surface area contributed by atoms with Gasteiger partial charge in [-0.3, -0.25) is 4.79 Å². The minimum absolute atomic E-state index is 0.0683. The minimum atomic E-state index is 0.0683. The second-order valence-electron chi connectivity index (χ2n) is 4.19. The predicted molar refractivity (Wildman–Crippen MR) is 68.4 cm³/mol. The van der Waals surface area contributed by atoms with Crippen molar-refractivity contribution < 1.29 is 14.6 Å². The Morgan fingerprint density at radius 3 is 3.06 bits per heavy atom. The van der Waals surface area contributed by atoms with Crippen molar-refractivity contribution in [1.29, 1.82) is 0 Å². The van der Waals surface area contributed by atoms with Gasteiger partial charge in [0.2, 0.25) is 0 Å². The third-order valence-corrected chi connectivity index (χ3v) is 3.28. The number of carbonyl (C=O) groups is 1. The molecule has 1 N–H and O–H groups in total. The highest BCUT2D eigenvalue weighted by atomic mass is 79.9. The van der Waals surface area contributed by atoms with Gasteiger partial charge in [-0.25, -0.2) is 0 Å². The van der Waals surface area contributed by atoms with E-state index in [1.807, 2.05) is 12.1 Å². The molecule has 0 atom stereocenters. The van der Waals surface area contributed by atoms with Crippen LogP contribution in [0, 0.1) is 0 Å². The molecule has 0 spiro atoms. The Morgan fingerprint density at radius 1 is 1.47 bits per heavy atom. The first-order chi connectivity index (χ1) is 8.20. The summed E-state index contributed by atoms with van der Waals surface area (Å²) in [6, 6.07) is 3.99. The van der Waals surface area contributed by atoms with Crippen LogP contribution in [-0.2, 0) is 17.6 Å². The van der Waals surface area contributed by atoms with Crippen LogP contribution in [0.3, 0.4) is 0 Å². The molecule has 0 saturated heterocycles. The van der Waals surface area contributed by atoms with Gasteiger partial charge >= 0.3 is 0 Å². The van der Waals surface area contributed by atoms with Crippen LogP contribution >= 0.6 is 15.9 Å². The number of aliphatic hydroxyl groups excluding tert-OH is 1. The molecule has 1 aromatic rings. The van der Waals surface area contributed by atoms with Gasteiger partial charge in [0.25, 0.3) is 0 Å². The SMILES string of the molecule is O=C(CCCO)Cc1cc(Br)cc2c1OCC2. The molecule has 1 heterocycles. The van der Waals surface area contributed by atoms with Gasteiger partial charge in [-0.15, -0.1) is 0 Å². The smallest absolute Gasteiger partial charge is 0.137 e. The van der Waals surface area contributed by atoms with E-state index < -0.39 is 0 Å². The number of carbonyl (C=O) groups excluding carboxylic acids is 1. The Morgan fingerprint density at radius 2 is 2.29 bits per heavy atom. The highest BCUT2D eigenvalue weighted by Gasteiger charge is 2.18. The molecule has 0 radical (unpaired) electrons. The molecule has 1 aliphatic rings. The van der Waals surface area contributed by atoms with Crippen LogP contribution in [0.1, 0.15) is 24.0 Å². The van der Waals surface area contributed by atoms with E-state index in [0.717, 1.165) is 22.2 Å². The van der Waals surface area contributed by atoms with Crippen LogP contribution in [0.5, 0.6) is 5.75 Å². The highest BCUT2D eigenvalue weighted by Crippen LogP contribution is 2.33. The Balaban J connectivity index is 2.13. The minimum Gasteiger partial charge on any atom is -0.493 e. The number of halogens is 1. The third kappa shape index (κ3) is 3.07. The zero-order valence-electron chi connectivity index (χ0n) is 9.54. The molecule has 4 heteroatoms. The van der Waals surface area contributed by atoms with Gasteiger partial charge in [0, 0.05) is 35.9 Å². The van der Waals surface area contributed by atoms with Gasteiger partial charge in [-0.2, -0.15) is 0 Å². The number of ketones is 1. The zero-order valence-corrected chi connectivity index (χ0v) is 11.1. The van der Waals surface area contributed by atoms with Crippen LogP contribution in [0.15, 0.2) is 16.6 Å². The topological polar surface area (TPSA) is 46.5 Å². The maximum Gasteiger partial charge on any atom is 0.137 e. The number of fused-ring (bicyclic) bond motifs is 1. The summed E-state index contributed by atoms with van der Waals surface area (Å²) in [6.07, 6.45) is 2.27. The molecule has 17 heavy (non-hydrogen) atoms.